The van der Waals surface area contributed by atoms with Crippen molar-refractivity contribution >= 4 is 16.9 Å². The highest BCUT2D eigenvalue weighted by Gasteiger charge is 2.24. The maximum Gasteiger partial charge on any atom is 0.201 e. The van der Waals surface area contributed by atoms with Crippen LogP contribution in [0.15, 0.2) is 35.2 Å². The van der Waals surface area contributed by atoms with Crippen molar-refractivity contribution in [1.29, 1.82) is 0 Å². The molecule has 0 N–H and O–H groups in total. The molecule has 0 aromatic heterocycles. The minimum atomic E-state index is 0.0983. The third kappa shape index (κ3) is 2.38. The number of hydrogen-bond donors (Lipinski definition) is 0. The van der Waals surface area contributed by atoms with Crippen molar-refractivity contribution in [3.8, 4) is 0 Å². The molecule has 5 radical (unpaired) electrons. The number of benzene rings is 1. The average molecular weight is 201 g/mol. The summed E-state index contributed by atoms with van der Waals surface area (Å²) < 4.78 is 0. The Bertz CT molecular complexity index is 301. The molecule has 1 saturated carbocycles. The fourth-order valence-electron chi connectivity index (χ4n) is 1.16. The van der Waals surface area contributed by atoms with Crippen molar-refractivity contribution in [2.24, 2.45) is 0 Å². The SMILES string of the molecule is O=C(Sc1ccccc1)[C]1[CH][CH][CH][CH]1. The van der Waals surface area contributed by atoms with Crippen LogP contribution in [0.5, 0.6) is 0 Å². The summed E-state index contributed by atoms with van der Waals surface area (Å²) in [4.78, 5) is 12.6. The zero-order chi connectivity index (χ0) is 9.80. The molecule has 0 heterocycles. The third-order valence-electron chi connectivity index (χ3n) is 1.85. The van der Waals surface area contributed by atoms with Gasteiger partial charge in [0.05, 0.1) is 5.92 Å². The first-order valence-electron chi connectivity index (χ1n) is 4.35. The van der Waals surface area contributed by atoms with Crippen molar-refractivity contribution in [2.75, 3.05) is 0 Å². The normalized spacial score (nSPS) is 17.1. The van der Waals surface area contributed by atoms with E-state index in [9.17, 15) is 4.79 Å². The summed E-state index contributed by atoms with van der Waals surface area (Å²) in [5, 5.41) is 0.0983. The molecule has 1 aromatic rings. The van der Waals surface area contributed by atoms with E-state index in [1.165, 1.54) is 11.8 Å². The van der Waals surface area contributed by atoms with E-state index < -0.39 is 0 Å². The predicted octanol–water partition coefficient (Wildman–Crippen LogP) is 2.71. The molecule has 0 spiro atoms. The quantitative estimate of drug-likeness (QED) is 0.684. The van der Waals surface area contributed by atoms with E-state index in [4.69, 9.17) is 0 Å². The van der Waals surface area contributed by atoms with Crippen LogP contribution in [0.3, 0.4) is 0 Å². The van der Waals surface area contributed by atoms with Gasteiger partial charge in [0.25, 0.3) is 0 Å². The monoisotopic (exact) mass is 201 g/mol. The van der Waals surface area contributed by atoms with Crippen LogP contribution in [0.25, 0.3) is 0 Å². The number of rotatable bonds is 2. The molecule has 2 rings (SSSR count). The summed E-state index contributed by atoms with van der Waals surface area (Å²) in [5.74, 6) is 0.763. The van der Waals surface area contributed by atoms with Crippen LogP contribution in [0.2, 0.25) is 0 Å². The van der Waals surface area contributed by atoms with Crippen LogP contribution < -0.4 is 0 Å². The van der Waals surface area contributed by atoms with Crippen LogP contribution >= 0.6 is 11.8 Å². The Labute approximate surface area is 88.9 Å². The van der Waals surface area contributed by atoms with Gasteiger partial charge in [0, 0.05) is 4.90 Å². The first kappa shape index (κ1) is 9.78. The summed E-state index contributed by atoms with van der Waals surface area (Å²) in [6, 6.07) is 9.68. The first-order valence-corrected chi connectivity index (χ1v) is 5.17. The fraction of sp³-hybridized carbons (Fsp3) is 0. The van der Waals surface area contributed by atoms with Gasteiger partial charge in [0.1, 0.15) is 0 Å². The highest BCUT2D eigenvalue weighted by atomic mass is 32.2. The number of carbonyl (C=O) groups excluding carboxylic acids is 1. The lowest BCUT2D eigenvalue weighted by atomic mass is 10.1. The largest absolute Gasteiger partial charge is 0.286 e. The molecule has 0 unspecified atom stereocenters. The first-order chi connectivity index (χ1) is 6.86. The zero-order valence-electron chi connectivity index (χ0n) is 7.51. The van der Waals surface area contributed by atoms with Crippen molar-refractivity contribution < 1.29 is 4.79 Å². The molecule has 69 valence electrons. The topological polar surface area (TPSA) is 17.1 Å². The molecule has 0 bridgehead atoms. The Morgan fingerprint density at radius 1 is 1.00 bits per heavy atom. The molecule has 1 nitrogen and oxygen atoms in total. The van der Waals surface area contributed by atoms with Gasteiger partial charge >= 0.3 is 0 Å². The highest BCUT2D eigenvalue weighted by molar-refractivity contribution is 8.14. The highest BCUT2D eigenvalue weighted by Crippen LogP contribution is 2.31. The lowest BCUT2D eigenvalue weighted by molar-refractivity contribution is -0.108. The molecule has 1 aliphatic carbocycles. The van der Waals surface area contributed by atoms with Crippen LogP contribution in [0.4, 0.5) is 0 Å². The van der Waals surface area contributed by atoms with E-state index in [1.54, 1.807) is 0 Å². The van der Waals surface area contributed by atoms with Crippen molar-refractivity contribution in [3.63, 3.8) is 0 Å². The van der Waals surface area contributed by atoms with Gasteiger partial charge in [0.15, 0.2) is 0 Å². The Morgan fingerprint density at radius 2 is 1.64 bits per heavy atom. The van der Waals surface area contributed by atoms with Crippen LogP contribution in [0.1, 0.15) is 0 Å². The maximum atomic E-state index is 11.6. The van der Waals surface area contributed by atoms with Gasteiger partial charge in [-0.3, -0.25) is 4.79 Å². The van der Waals surface area contributed by atoms with Gasteiger partial charge in [0.2, 0.25) is 5.12 Å². The van der Waals surface area contributed by atoms with Crippen LogP contribution in [-0.4, -0.2) is 5.12 Å². The fourth-order valence-corrected chi connectivity index (χ4v) is 1.93. The summed E-state index contributed by atoms with van der Waals surface area (Å²) in [5.41, 5.74) is 0. The second kappa shape index (κ2) is 4.65. The van der Waals surface area contributed by atoms with Gasteiger partial charge in [-0.05, 0) is 37.8 Å². The predicted molar refractivity (Wildman–Crippen MR) is 57.7 cm³/mol. The Hall–Kier alpha value is -0.760. The number of thioether (sulfide) groups is 1. The molecule has 0 aliphatic heterocycles. The van der Waals surface area contributed by atoms with Crippen molar-refractivity contribution in [3.05, 3.63) is 61.9 Å². The Balaban J connectivity index is 1.94. The number of hydrogen-bond acceptors (Lipinski definition) is 2. The lowest BCUT2D eigenvalue weighted by Crippen LogP contribution is -2.04. The zero-order valence-corrected chi connectivity index (χ0v) is 8.33. The second-order valence-electron chi connectivity index (χ2n) is 2.88. The van der Waals surface area contributed by atoms with Gasteiger partial charge in [-0.1, -0.05) is 30.0 Å². The van der Waals surface area contributed by atoms with E-state index in [0.717, 1.165) is 10.8 Å². The van der Waals surface area contributed by atoms with Crippen LogP contribution in [-0.2, 0) is 4.79 Å². The minimum absolute atomic E-state index is 0.0983. The van der Waals surface area contributed by atoms with Crippen LogP contribution in [0, 0.1) is 31.6 Å². The molecule has 0 saturated heterocycles. The molecule has 0 atom stereocenters. The van der Waals surface area contributed by atoms with E-state index in [1.807, 2.05) is 56.0 Å². The third-order valence-corrected chi connectivity index (χ3v) is 2.78. The smallest absolute Gasteiger partial charge is 0.201 e. The molecule has 1 aromatic carbocycles. The van der Waals surface area contributed by atoms with Gasteiger partial charge in [-0.2, -0.15) is 0 Å². The van der Waals surface area contributed by atoms with Crippen molar-refractivity contribution in [1.82, 2.24) is 0 Å². The maximum absolute atomic E-state index is 11.6. The summed E-state index contributed by atoms with van der Waals surface area (Å²) in [6.07, 6.45) is 7.41. The van der Waals surface area contributed by atoms with Gasteiger partial charge < -0.3 is 0 Å². The molecule has 1 fully saturated rings. The summed E-state index contributed by atoms with van der Waals surface area (Å²) in [7, 11) is 0. The Kier molecular flexibility index (Phi) is 3.25. The Morgan fingerprint density at radius 3 is 2.29 bits per heavy atom. The van der Waals surface area contributed by atoms with E-state index in [0.29, 0.717) is 0 Å². The molecule has 14 heavy (non-hydrogen) atoms. The molecule has 1 aliphatic rings. The van der Waals surface area contributed by atoms with Gasteiger partial charge in [-0.15, -0.1) is 0 Å². The molecular formula is C12H9OS. The molecule has 0 amide bonds. The van der Waals surface area contributed by atoms with Gasteiger partial charge in [-0.25, -0.2) is 0 Å². The summed E-state index contributed by atoms with van der Waals surface area (Å²) in [6.45, 7) is 0. The van der Waals surface area contributed by atoms with Crippen molar-refractivity contribution in [2.45, 2.75) is 4.90 Å². The number of carbonyl (C=O) groups is 1. The van der Waals surface area contributed by atoms with E-state index >= 15 is 0 Å². The lowest BCUT2D eigenvalue weighted by Gasteiger charge is -2.04. The molecule has 2 heteroatoms. The minimum Gasteiger partial charge on any atom is -0.286 e. The summed E-state index contributed by atoms with van der Waals surface area (Å²) >= 11 is 1.26. The standard InChI is InChI=1S/C12H9OS/c13-12(10-6-4-5-7-10)14-11-8-2-1-3-9-11/h1-9H. The van der Waals surface area contributed by atoms with E-state index in [-0.39, 0.29) is 5.12 Å². The second-order valence-corrected chi connectivity index (χ2v) is 3.92. The average Bonchev–Trinajstić information content (AvgIpc) is 2.72. The molecular weight excluding hydrogens is 192 g/mol. The van der Waals surface area contributed by atoms with E-state index in [2.05, 4.69) is 0 Å².